The molecule has 0 saturated carbocycles. The van der Waals surface area contributed by atoms with Crippen molar-refractivity contribution in [3.63, 3.8) is 0 Å². The fraction of sp³-hybridized carbons (Fsp3) is 0.650. The molecule has 158 valence electrons. The van der Waals surface area contributed by atoms with E-state index in [0.29, 0.717) is 42.9 Å². The summed E-state index contributed by atoms with van der Waals surface area (Å²) in [5, 5.41) is 2.93. The largest absolute Gasteiger partial charge is 0.486 e. The molecule has 0 saturated heterocycles. The lowest BCUT2D eigenvalue weighted by Crippen LogP contribution is -2.48. The van der Waals surface area contributed by atoms with Gasteiger partial charge in [0.2, 0.25) is 15.9 Å². The van der Waals surface area contributed by atoms with Gasteiger partial charge >= 0.3 is 0 Å². The van der Waals surface area contributed by atoms with Crippen LogP contribution in [0.5, 0.6) is 11.5 Å². The van der Waals surface area contributed by atoms with Crippen molar-refractivity contribution in [3.05, 3.63) is 18.2 Å². The number of fused-ring (bicyclic) bond motifs is 1. The van der Waals surface area contributed by atoms with E-state index in [1.807, 2.05) is 0 Å². The molecule has 0 aromatic heterocycles. The molecule has 0 bridgehead atoms. The minimum atomic E-state index is -3.67. The number of nitrogens with zero attached hydrogens (tertiary/aromatic N) is 1. The highest BCUT2D eigenvalue weighted by molar-refractivity contribution is 7.92. The monoisotopic (exact) mass is 412 g/mol. The summed E-state index contributed by atoms with van der Waals surface area (Å²) >= 11 is 0. The Labute approximate surface area is 168 Å². The van der Waals surface area contributed by atoms with Gasteiger partial charge < -0.3 is 14.8 Å². The van der Waals surface area contributed by atoms with Crippen LogP contribution in [-0.2, 0) is 14.8 Å². The summed E-state index contributed by atoms with van der Waals surface area (Å²) in [4.78, 5) is 12.7. The highest BCUT2D eigenvalue weighted by Crippen LogP contribution is 2.35. The lowest BCUT2D eigenvalue weighted by Gasteiger charge is -2.30. The number of hydrogen-bond acceptors (Lipinski definition) is 5. The molecule has 0 radical (unpaired) electrons. The number of ether oxygens (including phenoxy) is 2. The summed E-state index contributed by atoms with van der Waals surface area (Å²) in [6.45, 7) is 7.26. The van der Waals surface area contributed by atoms with Gasteiger partial charge in [-0.2, -0.15) is 0 Å². The van der Waals surface area contributed by atoms with Crippen LogP contribution in [0.1, 0.15) is 46.5 Å². The van der Waals surface area contributed by atoms with E-state index in [4.69, 9.17) is 9.47 Å². The van der Waals surface area contributed by atoms with Crippen molar-refractivity contribution in [2.75, 3.05) is 30.3 Å². The smallest absolute Gasteiger partial charge is 0.243 e. The van der Waals surface area contributed by atoms with E-state index in [1.54, 1.807) is 25.1 Å². The maximum atomic E-state index is 12.7. The zero-order chi connectivity index (χ0) is 20.7. The average Bonchev–Trinajstić information content (AvgIpc) is 2.66. The first-order chi connectivity index (χ1) is 13.3. The Kier molecular flexibility index (Phi) is 7.98. The molecule has 1 amide bonds. The number of anilines is 1. The van der Waals surface area contributed by atoms with Crippen LogP contribution < -0.4 is 19.1 Å². The van der Waals surface area contributed by atoms with E-state index < -0.39 is 16.1 Å². The molecule has 1 aromatic carbocycles. The lowest BCUT2D eigenvalue weighted by atomic mass is 9.99. The molecule has 0 fully saturated rings. The van der Waals surface area contributed by atoms with Crippen molar-refractivity contribution < 1.29 is 22.7 Å². The Hall–Kier alpha value is -1.96. The zero-order valence-electron chi connectivity index (χ0n) is 17.2. The molecule has 1 aromatic rings. The van der Waals surface area contributed by atoms with Gasteiger partial charge in [0.25, 0.3) is 0 Å². The molecule has 0 aliphatic carbocycles. The van der Waals surface area contributed by atoms with Crippen LogP contribution in [-0.4, -0.2) is 46.4 Å². The normalized spacial score (nSPS) is 15.6. The number of rotatable bonds is 10. The number of amides is 1. The first-order valence-corrected chi connectivity index (χ1v) is 11.8. The third-order valence-electron chi connectivity index (χ3n) is 4.98. The molecule has 28 heavy (non-hydrogen) atoms. The number of hydrogen-bond donors (Lipinski definition) is 1. The SMILES string of the molecule is CCCCC(CC)CNC(=O)C(C)N(c1ccc2c(c1)OCCO2)S(C)(=O)=O. The van der Waals surface area contributed by atoms with Gasteiger partial charge in [0.1, 0.15) is 19.3 Å². The van der Waals surface area contributed by atoms with Gasteiger partial charge in [0, 0.05) is 12.6 Å². The van der Waals surface area contributed by atoms with E-state index in [2.05, 4.69) is 19.2 Å². The zero-order valence-corrected chi connectivity index (χ0v) is 18.0. The Balaban J connectivity index is 2.15. The van der Waals surface area contributed by atoms with Gasteiger partial charge in [-0.1, -0.05) is 33.1 Å². The maximum absolute atomic E-state index is 12.7. The standard InChI is InChI=1S/C20H32N2O5S/c1-5-7-8-16(6-2)14-21-20(23)15(3)22(28(4,24)25)17-9-10-18-19(13-17)27-12-11-26-18/h9-10,13,15-16H,5-8,11-12,14H2,1-4H3,(H,21,23). The van der Waals surface area contributed by atoms with Crippen molar-refractivity contribution in [2.24, 2.45) is 5.92 Å². The van der Waals surface area contributed by atoms with Crippen molar-refractivity contribution in [3.8, 4) is 11.5 Å². The van der Waals surface area contributed by atoms with Gasteiger partial charge in [-0.25, -0.2) is 8.42 Å². The van der Waals surface area contributed by atoms with Crippen LogP contribution in [0.2, 0.25) is 0 Å². The van der Waals surface area contributed by atoms with Crippen molar-refractivity contribution in [1.82, 2.24) is 5.32 Å². The minimum absolute atomic E-state index is 0.310. The van der Waals surface area contributed by atoms with Crippen molar-refractivity contribution in [2.45, 2.75) is 52.5 Å². The molecule has 2 unspecified atom stereocenters. The molecular weight excluding hydrogens is 380 g/mol. The Morgan fingerprint density at radius 3 is 2.50 bits per heavy atom. The summed E-state index contributed by atoms with van der Waals surface area (Å²) < 4.78 is 37.1. The van der Waals surface area contributed by atoms with Gasteiger partial charge in [0.15, 0.2) is 11.5 Å². The van der Waals surface area contributed by atoms with Crippen LogP contribution >= 0.6 is 0 Å². The highest BCUT2D eigenvalue weighted by atomic mass is 32.2. The van der Waals surface area contributed by atoms with E-state index >= 15 is 0 Å². The molecule has 8 heteroatoms. The molecule has 1 heterocycles. The van der Waals surface area contributed by atoms with Gasteiger partial charge in [-0.3, -0.25) is 9.10 Å². The van der Waals surface area contributed by atoms with Gasteiger partial charge in [-0.15, -0.1) is 0 Å². The number of nitrogens with one attached hydrogen (secondary N) is 1. The molecular formula is C20H32N2O5S. The summed E-state index contributed by atoms with van der Waals surface area (Å²) in [5.74, 6) is 1.14. The van der Waals surface area contributed by atoms with Crippen LogP contribution in [0.25, 0.3) is 0 Å². The fourth-order valence-electron chi connectivity index (χ4n) is 3.31. The first kappa shape index (κ1) is 22.3. The first-order valence-electron chi connectivity index (χ1n) is 9.94. The predicted molar refractivity (Wildman–Crippen MR) is 111 cm³/mol. The number of carbonyl (C=O) groups is 1. The summed E-state index contributed by atoms with van der Waals surface area (Å²) in [5.41, 5.74) is 0.382. The van der Waals surface area contributed by atoms with Gasteiger partial charge in [-0.05, 0) is 31.4 Å². The van der Waals surface area contributed by atoms with Crippen LogP contribution in [0, 0.1) is 5.92 Å². The van der Waals surface area contributed by atoms with Crippen molar-refractivity contribution >= 4 is 21.6 Å². The second-order valence-corrected chi connectivity index (χ2v) is 9.08. The van der Waals surface area contributed by atoms with Crippen molar-refractivity contribution in [1.29, 1.82) is 0 Å². The lowest BCUT2D eigenvalue weighted by molar-refractivity contribution is -0.122. The molecule has 1 aliphatic heterocycles. The number of unbranched alkanes of at least 4 members (excludes halogenated alkanes) is 1. The topological polar surface area (TPSA) is 84.9 Å². The number of benzene rings is 1. The number of sulfonamides is 1. The van der Waals surface area contributed by atoms with E-state index in [9.17, 15) is 13.2 Å². The van der Waals surface area contributed by atoms with Gasteiger partial charge in [0.05, 0.1) is 11.9 Å². The second-order valence-electron chi connectivity index (χ2n) is 7.22. The highest BCUT2D eigenvalue weighted by Gasteiger charge is 2.30. The van der Waals surface area contributed by atoms with Crippen LogP contribution in [0.15, 0.2) is 18.2 Å². The molecule has 7 nitrogen and oxygen atoms in total. The molecule has 1 N–H and O–H groups in total. The molecule has 2 rings (SSSR count). The van der Waals surface area contributed by atoms with Crippen LogP contribution in [0.3, 0.4) is 0 Å². The summed E-state index contributed by atoms with van der Waals surface area (Å²) in [7, 11) is -3.67. The molecule has 0 spiro atoms. The third kappa shape index (κ3) is 5.77. The number of carbonyl (C=O) groups excluding carboxylic acids is 1. The third-order valence-corrected chi connectivity index (χ3v) is 6.22. The molecule has 2 atom stereocenters. The second kappa shape index (κ2) is 10.0. The average molecular weight is 413 g/mol. The Bertz CT molecular complexity index is 766. The van der Waals surface area contributed by atoms with Crippen LogP contribution in [0.4, 0.5) is 5.69 Å². The van der Waals surface area contributed by atoms with E-state index in [0.717, 1.165) is 36.2 Å². The Morgan fingerprint density at radius 1 is 1.21 bits per heavy atom. The predicted octanol–water partition coefficient (Wildman–Crippen LogP) is 2.94. The Morgan fingerprint density at radius 2 is 1.89 bits per heavy atom. The maximum Gasteiger partial charge on any atom is 0.243 e. The van der Waals surface area contributed by atoms with E-state index in [-0.39, 0.29) is 5.91 Å². The van der Waals surface area contributed by atoms with E-state index in [1.165, 1.54) is 0 Å². The summed E-state index contributed by atoms with van der Waals surface area (Å²) in [6.07, 6.45) is 5.37. The minimum Gasteiger partial charge on any atom is -0.486 e. The molecule has 1 aliphatic rings. The summed E-state index contributed by atoms with van der Waals surface area (Å²) in [6, 6.07) is 4.04. The fourth-order valence-corrected chi connectivity index (χ4v) is 4.48. The quantitative estimate of drug-likeness (QED) is 0.639.